The summed E-state index contributed by atoms with van der Waals surface area (Å²) in [5.41, 5.74) is 5.22. The maximum Gasteiger partial charge on any atom is 0.222 e. The van der Waals surface area contributed by atoms with Crippen molar-refractivity contribution in [3.63, 3.8) is 0 Å². The number of nitrogens with zero attached hydrogens (tertiary/aromatic N) is 1. The van der Waals surface area contributed by atoms with Crippen molar-refractivity contribution >= 4 is 11.8 Å². The maximum atomic E-state index is 12.2. The lowest BCUT2D eigenvalue weighted by Crippen LogP contribution is -2.40. The Labute approximate surface area is 115 Å². The fourth-order valence-corrected chi connectivity index (χ4v) is 3.44. The van der Waals surface area contributed by atoms with Gasteiger partial charge in [-0.05, 0) is 37.5 Å². The van der Waals surface area contributed by atoms with Gasteiger partial charge in [-0.1, -0.05) is 19.3 Å². The molecule has 2 fully saturated rings. The average Bonchev–Trinajstić information content (AvgIpc) is 2.40. The molecule has 0 bridgehead atoms. The van der Waals surface area contributed by atoms with Gasteiger partial charge in [0.05, 0.1) is 0 Å². The first-order valence-corrected chi connectivity index (χ1v) is 7.71. The van der Waals surface area contributed by atoms with E-state index in [-0.39, 0.29) is 5.91 Å². The summed E-state index contributed by atoms with van der Waals surface area (Å²) in [5.74, 6) is 1.11. The van der Waals surface area contributed by atoms with E-state index in [0.29, 0.717) is 24.2 Å². The molecule has 0 aromatic heterocycles. The van der Waals surface area contributed by atoms with Crippen LogP contribution >= 0.6 is 0 Å². The van der Waals surface area contributed by atoms with Crippen LogP contribution in [-0.2, 0) is 9.59 Å². The van der Waals surface area contributed by atoms with Crippen LogP contribution in [0.4, 0.5) is 0 Å². The lowest BCUT2D eigenvalue weighted by molar-refractivity contribution is -0.133. The van der Waals surface area contributed by atoms with Gasteiger partial charge >= 0.3 is 0 Å². The second-order valence-corrected chi connectivity index (χ2v) is 6.20. The molecule has 2 N–H and O–H groups in total. The molecule has 1 heterocycles. The van der Waals surface area contributed by atoms with Gasteiger partial charge in [0.2, 0.25) is 11.8 Å². The van der Waals surface area contributed by atoms with Crippen LogP contribution in [-0.4, -0.2) is 29.8 Å². The molecule has 2 rings (SSSR count). The molecule has 4 heteroatoms. The second kappa shape index (κ2) is 6.92. The lowest BCUT2D eigenvalue weighted by atomic mass is 9.86. The zero-order valence-corrected chi connectivity index (χ0v) is 11.8. The summed E-state index contributed by atoms with van der Waals surface area (Å²) in [6.07, 6.45) is 9.44. The number of hydrogen-bond acceptors (Lipinski definition) is 2. The van der Waals surface area contributed by atoms with Crippen molar-refractivity contribution in [2.45, 2.75) is 57.8 Å². The van der Waals surface area contributed by atoms with E-state index in [1.165, 1.54) is 32.1 Å². The minimum Gasteiger partial charge on any atom is -0.370 e. The van der Waals surface area contributed by atoms with Crippen LogP contribution in [0.3, 0.4) is 0 Å². The topological polar surface area (TPSA) is 63.4 Å². The number of likely N-dealkylation sites (tertiary alicyclic amines) is 1. The van der Waals surface area contributed by atoms with Gasteiger partial charge in [-0.15, -0.1) is 0 Å². The van der Waals surface area contributed by atoms with Crippen molar-refractivity contribution in [3.8, 4) is 0 Å². The van der Waals surface area contributed by atoms with Crippen LogP contribution in [0.1, 0.15) is 57.8 Å². The predicted octanol–water partition coefficient (Wildman–Crippen LogP) is 2.07. The van der Waals surface area contributed by atoms with E-state index in [1.54, 1.807) is 0 Å². The predicted molar refractivity (Wildman–Crippen MR) is 74.3 cm³/mol. The number of hydrogen-bond donors (Lipinski definition) is 1. The van der Waals surface area contributed by atoms with Gasteiger partial charge in [-0.3, -0.25) is 9.59 Å². The number of rotatable bonds is 4. The van der Waals surface area contributed by atoms with Crippen molar-refractivity contribution in [2.24, 2.45) is 17.6 Å². The normalized spacial score (nSPS) is 22.4. The number of carbonyl (C=O) groups excluding carboxylic acids is 2. The summed E-state index contributed by atoms with van der Waals surface area (Å²) in [6, 6.07) is 0. The molecular formula is C15H26N2O2. The molecule has 108 valence electrons. The van der Waals surface area contributed by atoms with Crippen LogP contribution in [0.2, 0.25) is 0 Å². The van der Waals surface area contributed by atoms with Gasteiger partial charge in [0.1, 0.15) is 0 Å². The molecule has 0 atom stereocenters. The monoisotopic (exact) mass is 266 g/mol. The molecule has 2 amide bonds. The molecule has 0 radical (unpaired) electrons. The molecule has 1 saturated carbocycles. The Balaban J connectivity index is 1.71. The van der Waals surface area contributed by atoms with Gasteiger partial charge in [0, 0.05) is 25.9 Å². The Morgan fingerprint density at radius 1 is 0.895 bits per heavy atom. The SMILES string of the molecule is NC(=O)CC1CCN(C(=O)CC2CCCCC2)CC1. The largest absolute Gasteiger partial charge is 0.370 e. The highest BCUT2D eigenvalue weighted by molar-refractivity contribution is 5.76. The fraction of sp³-hybridized carbons (Fsp3) is 0.867. The van der Waals surface area contributed by atoms with Gasteiger partial charge in [-0.25, -0.2) is 0 Å². The van der Waals surface area contributed by atoms with Crippen LogP contribution in [0.5, 0.6) is 0 Å². The van der Waals surface area contributed by atoms with Gasteiger partial charge in [0.25, 0.3) is 0 Å². The van der Waals surface area contributed by atoms with Crippen molar-refractivity contribution in [1.82, 2.24) is 4.90 Å². The molecule has 1 aliphatic carbocycles. The number of carbonyl (C=O) groups is 2. The molecular weight excluding hydrogens is 240 g/mol. The van der Waals surface area contributed by atoms with Crippen molar-refractivity contribution in [1.29, 1.82) is 0 Å². The van der Waals surface area contributed by atoms with Crippen molar-refractivity contribution in [2.75, 3.05) is 13.1 Å². The molecule has 1 saturated heterocycles. The average molecular weight is 266 g/mol. The van der Waals surface area contributed by atoms with E-state index in [0.717, 1.165) is 32.4 Å². The Morgan fingerprint density at radius 2 is 1.47 bits per heavy atom. The molecule has 19 heavy (non-hydrogen) atoms. The summed E-state index contributed by atoms with van der Waals surface area (Å²) in [6.45, 7) is 1.62. The second-order valence-electron chi connectivity index (χ2n) is 6.20. The maximum absolute atomic E-state index is 12.2. The summed E-state index contributed by atoms with van der Waals surface area (Å²) in [5, 5.41) is 0. The van der Waals surface area contributed by atoms with Gasteiger partial charge in [0.15, 0.2) is 0 Å². The first kappa shape index (κ1) is 14.4. The van der Waals surface area contributed by atoms with Crippen LogP contribution in [0, 0.1) is 11.8 Å². The van der Waals surface area contributed by atoms with E-state index in [1.807, 2.05) is 4.90 Å². The number of amides is 2. The van der Waals surface area contributed by atoms with E-state index in [9.17, 15) is 9.59 Å². The molecule has 1 aliphatic heterocycles. The number of piperidine rings is 1. The first-order valence-electron chi connectivity index (χ1n) is 7.71. The summed E-state index contributed by atoms with van der Waals surface area (Å²) >= 11 is 0. The first-order chi connectivity index (χ1) is 9.15. The van der Waals surface area contributed by atoms with Gasteiger partial charge in [-0.2, -0.15) is 0 Å². The van der Waals surface area contributed by atoms with Crippen molar-refractivity contribution < 1.29 is 9.59 Å². The number of nitrogens with two attached hydrogens (primary N) is 1. The standard InChI is InChI=1S/C15H26N2O2/c16-14(18)10-13-6-8-17(9-7-13)15(19)11-12-4-2-1-3-5-12/h12-13H,1-11H2,(H2,16,18). The lowest BCUT2D eigenvalue weighted by Gasteiger charge is -2.33. The van der Waals surface area contributed by atoms with Crippen molar-refractivity contribution in [3.05, 3.63) is 0 Å². The minimum absolute atomic E-state index is 0.216. The van der Waals surface area contributed by atoms with E-state index in [4.69, 9.17) is 5.73 Å². The summed E-state index contributed by atoms with van der Waals surface area (Å²) < 4.78 is 0. The van der Waals surface area contributed by atoms with Crippen LogP contribution < -0.4 is 5.73 Å². The quantitative estimate of drug-likeness (QED) is 0.846. The third-order valence-corrected chi connectivity index (χ3v) is 4.65. The molecule has 2 aliphatic rings. The van der Waals surface area contributed by atoms with E-state index < -0.39 is 0 Å². The fourth-order valence-electron chi connectivity index (χ4n) is 3.44. The smallest absolute Gasteiger partial charge is 0.222 e. The molecule has 0 unspecified atom stereocenters. The summed E-state index contributed by atoms with van der Waals surface area (Å²) in [4.78, 5) is 25.1. The summed E-state index contributed by atoms with van der Waals surface area (Å²) in [7, 11) is 0. The zero-order valence-electron chi connectivity index (χ0n) is 11.8. The zero-order chi connectivity index (χ0) is 13.7. The number of primary amides is 1. The molecule has 0 aromatic rings. The third-order valence-electron chi connectivity index (χ3n) is 4.65. The van der Waals surface area contributed by atoms with E-state index >= 15 is 0 Å². The minimum atomic E-state index is -0.216. The molecule has 0 aromatic carbocycles. The molecule has 0 spiro atoms. The Kier molecular flexibility index (Phi) is 5.23. The van der Waals surface area contributed by atoms with Crippen LogP contribution in [0.25, 0.3) is 0 Å². The van der Waals surface area contributed by atoms with Crippen LogP contribution in [0.15, 0.2) is 0 Å². The van der Waals surface area contributed by atoms with Gasteiger partial charge < -0.3 is 10.6 Å². The Morgan fingerprint density at radius 3 is 2.05 bits per heavy atom. The Bertz CT molecular complexity index is 316. The van der Waals surface area contributed by atoms with E-state index in [2.05, 4.69) is 0 Å². The third kappa shape index (κ3) is 4.51. The highest BCUT2D eigenvalue weighted by Crippen LogP contribution is 2.28. The highest BCUT2D eigenvalue weighted by Gasteiger charge is 2.25. The Hall–Kier alpha value is -1.06. The molecule has 4 nitrogen and oxygen atoms in total. The highest BCUT2D eigenvalue weighted by atomic mass is 16.2.